The van der Waals surface area contributed by atoms with Crippen molar-refractivity contribution in [2.24, 2.45) is 12.8 Å². The number of hydrogen-bond acceptors (Lipinski definition) is 3. The average Bonchev–Trinajstić information content (AvgIpc) is 2.60. The quantitative estimate of drug-likeness (QED) is 0.743. The number of rotatable bonds is 5. The highest BCUT2D eigenvalue weighted by molar-refractivity contribution is 5.82. The number of nitrogens with zero attached hydrogens (tertiary/aromatic N) is 2. The Morgan fingerprint density at radius 1 is 1.76 bits per heavy atom. The summed E-state index contributed by atoms with van der Waals surface area (Å²) < 4.78 is 1.78. The molecular formula is C12H20N4O. The summed E-state index contributed by atoms with van der Waals surface area (Å²) in [6.07, 6.45) is 3.88. The zero-order chi connectivity index (χ0) is 13.0. The Morgan fingerprint density at radius 2 is 2.41 bits per heavy atom. The standard InChI is InChI=1S/C12H20N4O/c1-5-6-11(13)12(17)15-8(2)10-7-14-16(4)9(10)3/h5,7-8,11H,1,6,13H2,2-4H3,(H,15,17). The molecule has 0 spiro atoms. The fraction of sp³-hybridized carbons (Fsp3) is 0.500. The third kappa shape index (κ3) is 3.17. The van der Waals surface area contributed by atoms with Gasteiger partial charge in [-0.1, -0.05) is 6.08 Å². The predicted octanol–water partition coefficient (Wildman–Crippen LogP) is 0.809. The predicted molar refractivity (Wildman–Crippen MR) is 67.3 cm³/mol. The van der Waals surface area contributed by atoms with E-state index in [0.29, 0.717) is 6.42 Å². The molecule has 0 radical (unpaired) electrons. The van der Waals surface area contributed by atoms with Gasteiger partial charge in [0.1, 0.15) is 0 Å². The lowest BCUT2D eigenvalue weighted by Crippen LogP contribution is -2.41. The van der Waals surface area contributed by atoms with E-state index < -0.39 is 6.04 Å². The van der Waals surface area contributed by atoms with E-state index in [0.717, 1.165) is 11.3 Å². The van der Waals surface area contributed by atoms with E-state index in [9.17, 15) is 4.79 Å². The molecule has 0 saturated heterocycles. The Labute approximate surface area is 102 Å². The summed E-state index contributed by atoms with van der Waals surface area (Å²) in [5.41, 5.74) is 7.74. The molecule has 0 saturated carbocycles. The van der Waals surface area contributed by atoms with Crippen LogP contribution in [0.15, 0.2) is 18.9 Å². The van der Waals surface area contributed by atoms with Gasteiger partial charge in [-0.2, -0.15) is 5.10 Å². The van der Waals surface area contributed by atoms with E-state index in [1.54, 1.807) is 17.0 Å². The summed E-state index contributed by atoms with van der Waals surface area (Å²) in [4.78, 5) is 11.7. The van der Waals surface area contributed by atoms with Crippen LogP contribution < -0.4 is 11.1 Å². The van der Waals surface area contributed by atoms with Gasteiger partial charge in [-0.25, -0.2) is 0 Å². The molecule has 1 aromatic heterocycles. The second kappa shape index (κ2) is 5.63. The molecule has 0 bridgehead atoms. The van der Waals surface area contributed by atoms with Gasteiger partial charge in [-0.05, 0) is 20.3 Å². The van der Waals surface area contributed by atoms with Crippen LogP contribution in [0.4, 0.5) is 0 Å². The zero-order valence-electron chi connectivity index (χ0n) is 10.6. The number of carbonyl (C=O) groups is 1. The highest BCUT2D eigenvalue weighted by atomic mass is 16.2. The van der Waals surface area contributed by atoms with Crippen LogP contribution in [0.5, 0.6) is 0 Å². The summed E-state index contributed by atoms with van der Waals surface area (Å²) in [5.74, 6) is -0.166. The number of aromatic nitrogens is 2. The van der Waals surface area contributed by atoms with Gasteiger partial charge >= 0.3 is 0 Å². The molecule has 0 aliphatic carbocycles. The first-order valence-electron chi connectivity index (χ1n) is 5.62. The molecule has 1 rings (SSSR count). The third-order valence-electron chi connectivity index (χ3n) is 2.86. The molecule has 1 heterocycles. The maximum atomic E-state index is 11.7. The summed E-state index contributed by atoms with van der Waals surface area (Å²) in [5, 5.41) is 7.01. The van der Waals surface area contributed by atoms with Crippen LogP contribution in [0.2, 0.25) is 0 Å². The molecule has 3 N–H and O–H groups in total. The van der Waals surface area contributed by atoms with Gasteiger partial charge in [-0.3, -0.25) is 9.48 Å². The van der Waals surface area contributed by atoms with E-state index >= 15 is 0 Å². The van der Waals surface area contributed by atoms with E-state index in [1.165, 1.54) is 0 Å². The number of nitrogens with one attached hydrogen (secondary N) is 1. The van der Waals surface area contributed by atoms with Gasteiger partial charge in [0, 0.05) is 18.3 Å². The second-order valence-corrected chi connectivity index (χ2v) is 4.17. The van der Waals surface area contributed by atoms with Crippen molar-refractivity contribution in [1.29, 1.82) is 0 Å². The summed E-state index contributed by atoms with van der Waals surface area (Å²) in [6.45, 7) is 7.45. The van der Waals surface area contributed by atoms with Gasteiger partial charge in [0.25, 0.3) is 0 Å². The number of aryl methyl sites for hydroxylation is 1. The first-order valence-corrected chi connectivity index (χ1v) is 5.62. The van der Waals surface area contributed by atoms with Crippen LogP contribution in [-0.4, -0.2) is 21.7 Å². The minimum atomic E-state index is -0.535. The van der Waals surface area contributed by atoms with Crippen molar-refractivity contribution in [3.63, 3.8) is 0 Å². The fourth-order valence-electron chi connectivity index (χ4n) is 1.63. The van der Waals surface area contributed by atoms with E-state index in [2.05, 4.69) is 17.0 Å². The second-order valence-electron chi connectivity index (χ2n) is 4.17. The average molecular weight is 236 g/mol. The molecule has 0 aromatic carbocycles. The largest absolute Gasteiger partial charge is 0.348 e. The summed E-state index contributed by atoms with van der Waals surface area (Å²) >= 11 is 0. The maximum Gasteiger partial charge on any atom is 0.237 e. The number of carbonyl (C=O) groups excluding carboxylic acids is 1. The molecule has 1 aromatic rings. The van der Waals surface area contributed by atoms with Crippen molar-refractivity contribution < 1.29 is 4.79 Å². The normalized spacial score (nSPS) is 14.1. The van der Waals surface area contributed by atoms with Crippen molar-refractivity contribution in [3.8, 4) is 0 Å². The Kier molecular flexibility index (Phi) is 4.45. The van der Waals surface area contributed by atoms with Crippen molar-refractivity contribution in [2.75, 3.05) is 0 Å². The number of amides is 1. The van der Waals surface area contributed by atoms with Crippen LogP contribution in [0.1, 0.15) is 30.6 Å². The van der Waals surface area contributed by atoms with Gasteiger partial charge in [0.05, 0.1) is 18.3 Å². The first kappa shape index (κ1) is 13.4. The van der Waals surface area contributed by atoms with Gasteiger partial charge < -0.3 is 11.1 Å². The topological polar surface area (TPSA) is 72.9 Å². The lowest BCUT2D eigenvalue weighted by atomic mass is 10.1. The van der Waals surface area contributed by atoms with E-state index in [-0.39, 0.29) is 11.9 Å². The Bertz CT molecular complexity index is 411. The SMILES string of the molecule is C=CCC(N)C(=O)NC(C)c1cnn(C)c1C. The van der Waals surface area contributed by atoms with Crippen LogP contribution in [0, 0.1) is 6.92 Å². The van der Waals surface area contributed by atoms with Gasteiger partial charge in [-0.15, -0.1) is 6.58 Å². The van der Waals surface area contributed by atoms with Gasteiger partial charge in [0.2, 0.25) is 5.91 Å². The third-order valence-corrected chi connectivity index (χ3v) is 2.86. The highest BCUT2D eigenvalue weighted by Crippen LogP contribution is 2.15. The smallest absolute Gasteiger partial charge is 0.237 e. The van der Waals surface area contributed by atoms with Crippen molar-refractivity contribution in [3.05, 3.63) is 30.1 Å². The van der Waals surface area contributed by atoms with Crippen molar-refractivity contribution in [1.82, 2.24) is 15.1 Å². The summed E-state index contributed by atoms with van der Waals surface area (Å²) in [6, 6.07) is -0.626. The lowest BCUT2D eigenvalue weighted by Gasteiger charge is -2.16. The molecule has 0 aliphatic rings. The highest BCUT2D eigenvalue weighted by Gasteiger charge is 2.17. The molecule has 5 heteroatoms. The molecule has 17 heavy (non-hydrogen) atoms. The maximum absolute atomic E-state index is 11.7. The Hall–Kier alpha value is -1.62. The van der Waals surface area contributed by atoms with Crippen LogP contribution in [0.3, 0.4) is 0 Å². The Balaban J connectivity index is 2.66. The van der Waals surface area contributed by atoms with E-state index in [4.69, 9.17) is 5.73 Å². The molecule has 2 unspecified atom stereocenters. The van der Waals surface area contributed by atoms with E-state index in [1.807, 2.05) is 20.9 Å². The molecule has 0 aliphatic heterocycles. The molecule has 94 valence electrons. The lowest BCUT2D eigenvalue weighted by molar-refractivity contribution is -0.122. The molecule has 5 nitrogen and oxygen atoms in total. The van der Waals surface area contributed by atoms with Crippen LogP contribution in [0.25, 0.3) is 0 Å². The number of hydrogen-bond donors (Lipinski definition) is 2. The molecule has 0 fully saturated rings. The zero-order valence-corrected chi connectivity index (χ0v) is 10.6. The summed E-state index contributed by atoms with van der Waals surface area (Å²) in [7, 11) is 1.87. The fourth-order valence-corrected chi connectivity index (χ4v) is 1.63. The molecule has 2 atom stereocenters. The van der Waals surface area contributed by atoms with Crippen molar-refractivity contribution in [2.45, 2.75) is 32.4 Å². The number of nitrogens with two attached hydrogens (primary N) is 1. The minimum Gasteiger partial charge on any atom is -0.348 e. The molecule has 1 amide bonds. The van der Waals surface area contributed by atoms with Crippen molar-refractivity contribution >= 4 is 5.91 Å². The first-order chi connectivity index (χ1) is 7.97. The molecular weight excluding hydrogens is 216 g/mol. The van der Waals surface area contributed by atoms with Gasteiger partial charge in [0.15, 0.2) is 0 Å². The Morgan fingerprint density at radius 3 is 2.88 bits per heavy atom. The van der Waals surface area contributed by atoms with Crippen LogP contribution in [-0.2, 0) is 11.8 Å². The monoisotopic (exact) mass is 236 g/mol. The minimum absolute atomic E-state index is 0.0907. The van der Waals surface area contributed by atoms with Crippen LogP contribution >= 0.6 is 0 Å².